The molecule has 0 aliphatic carbocycles. The van der Waals surface area contributed by atoms with E-state index in [-0.39, 0.29) is 5.91 Å². The lowest BCUT2D eigenvalue weighted by molar-refractivity contribution is -0.131. The fourth-order valence-corrected chi connectivity index (χ4v) is 3.70. The van der Waals surface area contributed by atoms with Gasteiger partial charge < -0.3 is 9.88 Å². The molecule has 21 heavy (non-hydrogen) atoms. The third-order valence-corrected chi connectivity index (χ3v) is 4.94. The van der Waals surface area contributed by atoms with Crippen molar-refractivity contribution in [2.24, 2.45) is 0 Å². The number of aromatic amines is 1. The minimum Gasteiger partial charge on any atom is -0.364 e. The highest BCUT2D eigenvalue weighted by atomic mass is 32.1. The van der Waals surface area contributed by atoms with Crippen molar-refractivity contribution < 1.29 is 4.79 Å². The van der Waals surface area contributed by atoms with Crippen molar-refractivity contribution in [2.75, 3.05) is 20.1 Å². The van der Waals surface area contributed by atoms with Crippen molar-refractivity contribution in [1.29, 1.82) is 0 Å². The van der Waals surface area contributed by atoms with Crippen LogP contribution in [0.1, 0.15) is 29.5 Å². The Kier molecular flexibility index (Phi) is 4.41. The number of rotatable bonds is 5. The molecule has 3 rings (SSSR count). The molecule has 2 aromatic rings. The smallest absolute Gasteiger partial charge is 0.236 e. The molecule has 0 aromatic carbocycles. The molecule has 4 nitrogen and oxygen atoms in total. The molecule has 1 atom stereocenters. The number of likely N-dealkylation sites (N-methyl/N-ethyl adjacent to an activating group) is 1. The molecule has 1 amide bonds. The highest BCUT2D eigenvalue weighted by molar-refractivity contribution is 7.09. The van der Waals surface area contributed by atoms with Gasteiger partial charge >= 0.3 is 0 Å². The molecular formula is C16H21N3OS. The summed E-state index contributed by atoms with van der Waals surface area (Å²) in [6.45, 7) is 2.21. The van der Waals surface area contributed by atoms with Gasteiger partial charge in [-0.05, 0) is 43.0 Å². The predicted octanol–water partition coefficient (Wildman–Crippen LogP) is 2.87. The highest BCUT2D eigenvalue weighted by Crippen LogP contribution is 2.30. The Morgan fingerprint density at radius 1 is 1.48 bits per heavy atom. The standard InChI is InChI=1S/C16H21N3OS/c1-18(11-13-5-4-10-21-13)16(20)12-19-9-3-7-15(19)14-6-2-8-17-14/h2,4-6,8,10,15,17H,3,7,9,11-12H2,1H3/t15-/m1/s1. The Morgan fingerprint density at radius 3 is 3.10 bits per heavy atom. The quantitative estimate of drug-likeness (QED) is 0.922. The first-order chi connectivity index (χ1) is 10.2. The van der Waals surface area contributed by atoms with Crippen LogP contribution in [0.25, 0.3) is 0 Å². The van der Waals surface area contributed by atoms with Gasteiger partial charge in [0, 0.05) is 23.8 Å². The Morgan fingerprint density at radius 2 is 2.38 bits per heavy atom. The van der Waals surface area contributed by atoms with Crippen LogP contribution in [-0.4, -0.2) is 40.8 Å². The maximum Gasteiger partial charge on any atom is 0.236 e. The van der Waals surface area contributed by atoms with Crippen molar-refractivity contribution >= 4 is 17.2 Å². The molecule has 2 aromatic heterocycles. The summed E-state index contributed by atoms with van der Waals surface area (Å²) in [6, 6.07) is 8.60. The summed E-state index contributed by atoms with van der Waals surface area (Å²) in [5, 5.41) is 2.05. The summed E-state index contributed by atoms with van der Waals surface area (Å²) in [5.41, 5.74) is 1.22. The van der Waals surface area contributed by atoms with Crippen LogP contribution in [0.3, 0.4) is 0 Å². The largest absolute Gasteiger partial charge is 0.364 e. The lowest BCUT2D eigenvalue weighted by Gasteiger charge is -2.26. The van der Waals surface area contributed by atoms with Crippen LogP contribution in [0.5, 0.6) is 0 Å². The third kappa shape index (κ3) is 3.36. The fourth-order valence-electron chi connectivity index (χ4n) is 2.94. The molecule has 1 saturated heterocycles. The molecule has 112 valence electrons. The van der Waals surface area contributed by atoms with Crippen molar-refractivity contribution in [1.82, 2.24) is 14.8 Å². The Balaban J connectivity index is 1.58. The zero-order chi connectivity index (χ0) is 14.7. The van der Waals surface area contributed by atoms with Gasteiger partial charge in [-0.3, -0.25) is 9.69 Å². The van der Waals surface area contributed by atoms with Crippen LogP contribution in [0.4, 0.5) is 0 Å². The van der Waals surface area contributed by atoms with E-state index in [9.17, 15) is 4.79 Å². The van der Waals surface area contributed by atoms with Crippen molar-refractivity contribution in [2.45, 2.75) is 25.4 Å². The van der Waals surface area contributed by atoms with E-state index in [1.165, 1.54) is 10.6 Å². The molecule has 0 bridgehead atoms. The van der Waals surface area contributed by atoms with Gasteiger partial charge in [0.15, 0.2) is 0 Å². The van der Waals surface area contributed by atoms with Gasteiger partial charge in [0.2, 0.25) is 5.91 Å². The highest BCUT2D eigenvalue weighted by Gasteiger charge is 2.28. The third-order valence-electron chi connectivity index (χ3n) is 4.08. The molecule has 1 fully saturated rings. The second-order valence-corrected chi connectivity index (χ2v) is 6.62. The van der Waals surface area contributed by atoms with E-state index in [0.717, 1.165) is 19.4 Å². The van der Waals surface area contributed by atoms with Crippen LogP contribution < -0.4 is 0 Å². The fraction of sp³-hybridized carbons (Fsp3) is 0.438. The number of carbonyl (C=O) groups excluding carboxylic acids is 1. The van der Waals surface area contributed by atoms with Crippen LogP contribution in [-0.2, 0) is 11.3 Å². The van der Waals surface area contributed by atoms with Crippen molar-refractivity contribution in [3.63, 3.8) is 0 Å². The minimum absolute atomic E-state index is 0.196. The first kappa shape index (κ1) is 14.4. The van der Waals surface area contributed by atoms with E-state index >= 15 is 0 Å². The molecule has 1 aliphatic rings. The van der Waals surface area contributed by atoms with E-state index in [4.69, 9.17) is 0 Å². The Labute approximate surface area is 129 Å². The average molecular weight is 303 g/mol. The zero-order valence-electron chi connectivity index (χ0n) is 12.3. The molecule has 0 radical (unpaired) electrons. The number of nitrogens with one attached hydrogen (secondary N) is 1. The van der Waals surface area contributed by atoms with Gasteiger partial charge in [0.25, 0.3) is 0 Å². The van der Waals surface area contributed by atoms with Gasteiger partial charge in [-0.15, -0.1) is 11.3 Å². The Bertz CT molecular complexity index is 564. The number of hydrogen-bond donors (Lipinski definition) is 1. The number of H-pyrrole nitrogens is 1. The summed E-state index contributed by atoms with van der Waals surface area (Å²) in [7, 11) is 1.89. The van der Waals surface area contributed by atoms with Gasteiger partial charge in [-0.1, -0.05) is 6.07 Å². The summed E-state index contributed by atoms with van der Waals surface area (Å²) in [6.07, 6.45) is 4.24. The van der Waals surface area contributed by atoms with Crippen LogP contribution in [0, 0.1) is 0 Å². The van der Waals surface area contributed by atoms with Gasteiger partial charge in [0.1, 0.15) is 0 Å². The SMILES string of the molecule is CN(Cc1cccs1)C(=O)CN1CCC[C@@H]1c1ccc[nH]1. The van der Waals surface area contributed by atoms with E-state index < -0.39 is 0 Å². The van der Waals surface area contributed by atoms with E-state index in [1.54, 1.807) is 11.3 Å². The summed E-state index contributed by atoms with van der Waals surface area (Å²) < 4.78 is 0. The maximum atomic E-state index is 12.4. The number of thiophene rings is 1. The number of amides is 1. The predicted molar refractivity (Wildman–Crippen MR) is 85.1 cm³/mol. The van der Waals surface area contributed by atoms with Gasteiger partial charge in [0.05, 0.1) is 19.1 Å². The van der Waals surface area contributed by atoms with E-state index in [2.05, 4.69) is 27.4 Å². The molecule has 1 N–H and O–H groups in total. The first-order valence-electron chi connectivity index (χ1n) is 7.38. The van der Waals surface area contributed by atoms with E-state index in [0.29, 0.717) is 19.1 Å². The lowest BCUT2D eigenvalue weighted by atomic mass is 10.1. The second kappa shape index (κ2) is 6.45. The lowest BCUT2D eigenvalue weighted by Crippen LogP contribution is -2.37. The van der Waals surface area contributed by atoms with Crippen molar-refractivity contribution in [3.05, 3.63) is 46.4 Å². The topological polar surface area (TPSA) is 39.3 Å². The normalized spacial score (nSPS) is 19.0. The molecule has 0 saturated carbocycles. The monoisotopic (exact) mass is 303 g/mol. The molecular weight excluding hydrogens is 282 g/mol. The van der Waals surface area contributed by atoms with Gasteiger partial charge in [-0.2, -0.15) is 0 Å². The molecule has 1 aliphatic heterocycles. The Hall–Kier alpha value is -1.59. The van der Waals surface area contributed by atoms with Gasteiger partial charge in [-0.25, -0.2) is 0 Å². The van der Waals surface area contributed by atoms with Crippen LogP contribution >= 0.6 is 11.3 Å². The number of likely N-dealkylation sites (tertiary alicyclic amines) is 1. The summed E-state index contributed by atoms with van der Waals surface area (Å²) in [4.78, 5) is 21.1. The number of carbonyl (C=O) groups is 1. The summed E-state index contributed by atoms with van der Waals surface area (Å²) >= 11 is 1.70. The number of nitrogens with zero attached hydrogens (tertiary/aromatic N) is 2. The number of hydrogen-bond acceptors (Lipinski definition) is 3. The second-order valence-electron chi connectivity index (χ2n) is 5.58. The number of aromatic nitrogens is 1. The zero-order valence-corrected chi connectivity index (χ0v) is 13.1. The van der Waals surface area contributed by atoms with Crippen LogP contribution in [0.2, 0.25) is 0 Å². The minimum atomic E-state index is 0.196. The maximum absolute atomic E-state index is 12.4. The summed E-state index contributed by atoms with van der Waals surface area (Å²) in [5.74, 6) is 0.196. The molecule has 0 unspecified atom stereocenters. The van der Waals surface area contributed by atoms with Crippen LogP contribution in [0.15, 0.2) is 35.8 Å². The first-order valence-corrected chi connectivity index (χ1v) is 8.25. The van der Waals surface area contributed by atoms with E-state index in [1.807, 2.05) is 30.3 Å². The molecule has 3 heterocycles. The van der Waals surface area contributed by atoms with Crippen molar-refractivity contribution in [3.8, 4) is 0 Å². The average Bonchev–Trinajstić information content (AvgIpc) is 3.20. The molecule has 5 heteroatoms. The molecule has 0 spiro atoms.